The molecule has 144 valence electrons. The summed E-state index contributed by atoms with van der Waals surface area (Å²) in [6.07, 6.45) is 9.26. The van der Waals surface area contributed by atoms with Gasteiger partial charge in [0.25, 0.3) is 0 Å². The van der Waals surface area contributed by atoms with Gasteiger partial charge in [0.2, 0.25) is 0 Å². The Morgan fingerprint density at radius 2 is 2.11 bits per heavy atom. The van der Waals surface area contributed by atoms with Crippen LogP contribution < -0.4 is 10.6 Å². The third-order valence-corrected chi connectivity index (χ3v) is 5.01. The fourth-order valence-electron chi connectivity index (χ4n) is 3.50. The van der Waals surface area contributed by atoms with Crippen molar-refractivity contribution in [3.63, 3.8) is 0 Å². The Balaban J connectivity index is 1.75. The van der Waals surface area contributed by atoms with E-state index in [4.69, 9.17) is 15.9 Å². The Bertz CT molecular complexity index is 761. The third kappa shape index (κ3) is 4.67. The summed E-state index contributed by atoms with van der Waals surface area (Å²) in [5.41, 5.74) is 9.46. The lowest BCUT2D eigenvalue weighted by Crippen LogP contribution is -2.36. The van der Waals surface area contributed by atoms with E-state index in [0.717, 1.165) is 30.9 Å². The fraction of sp³-hybridized carbons (Fsp3) is 0.500. The van der Waals surface area contributed by atoms with Crippen molar-refractivity contribution in [1.82, 2.24) is 9.97 Å². The monoisotopic (exact) mass is 368 g/mol. The number of nitrogens with zero attached hydrogens (tertiary/aromatic N) is 4. The molecule has 1 saturated heterocycles. The first kappa shape index (κ1) is 19.4. The van der Waals surface area contributed by atoms with E-state index in [1.54, 1.807) is 13.4 Å². The van der Waals surface area contributed by atoms with E-state index in [2.05, 4.69) is 32.0 Å². The molecule has 2 atom stereocenters. The van der Waals surface area contributed by atoms with Gasteiger partial charge in [0, 0.05) is 44.4 Å². The SMILES string of the molecule is CN=CC(C1=CCC=C(C(=N)c2cc(N3CCOCC3)ncn2)C1)C(C)N. The van der Waals surface area contributed by atoms with Crippen molar-refractivity contribution in [2.75, 3.05) is 38.3 Å². The van der Waals surface area contributed by atoms with Gasteiger partial charge in [-0.15, -0.1) is 0 Å². The van der Waals surface area contributed by atoms with Crippen molar-refractivity contribution in [3.8, 4) is 0 Å². The van der Waals surface area contributed by atoms with Gasteiger partial charge in [-0.05, 0) is 25.3 Å². The second-order valence-electron chi connectivity index (χ2n) is 6.95. The molecular weight excluding hydrogens is 340 g/mol. The van der Waals surface area contributed by atoms with Gasteiger partial charge in [-0.2, -0.15) is 0 Å². The molecule has 1 aromatic heterocycles. The maximum Gasteiger partial charge on any atom is 0.132 e. The van der Waals surface area contributed by atoms with Crippen LogP contribution in [0, 0.1) is 11.3 Å². The van der Waals surface area contributed by atoms with Crippen LogP contribution in [0.4, 0.5) is 5.82 Å². The number of anilines is 1. The predicted molar refractivity (Wildman–Crippen MR) is 109 cm³/mol. The lowest BCUT2D eigenvalue weighted by molar-refractivity contribution is 0.122. The summed E-state index contributed by atoms with van der Waals surface area (Å²) in [6.45, 7) is 5.02. The Morgan fingerprint density at radius 1 is 1.33 bits per heavy atom. The van der Waals surface area contributed by atoms with E-state index in [1.165, 1.54) is 5.57 Å². The number of nitrogens with two attached hydrogens (primary N) is 1. The van der Waals surface area contributed by atoms with Gasteiger partial charge < -0.3 is 20.4 Å². The Kier molecular flexibility index (Phi) is 6.47. The van der Waals surface area contributed by atoms with Crippen molar-refractivity contribution in [3.05, 3.63) is 41.4 Å². The van der Waals surface area contributed by atoms with Crippen LogP contribution >= 0.6 is 0 Å². The number of allylic oxidation sites excluding steroid dienone is 3. The minimum atomic E-state index is -0.0135. The van der Waals surface area contributed by atoms with Crippen molar-refractivity contribution >= 4 is 17.7 Å². The van der Waals surface area contributed by atoms with E-state index in [1.807, 2.05) is 19.2 Å². The standard InChI is InChI=1S/C20H28N6O/c1-14(21)17(12-23-2)15-4-3-5-16(10-15)20(22)18-11-19(25-13-24-18)26-6-8-27-9-7-26/h4-5,11-14,17,22H,3,6-10,21H2,1-2H3. The lowest BCUT2D eigenvalue weighted by atomic mass is 9.84. The van der Waals surface area contributed by atoms with E-state index in [-0.39, 0.29) is 12.0 Å². The van der Waals surface area contributed by atoms with Crippen LogP contribution in [0.2, 0.25) is 0 Å². The Hall–Kier alpha value is -2.38. The van der Waals surface area contributed by atoms with Gasteiger partial charge in [0.1, 0.15) is 12.1 Å². The van der Waals surface area contributed by atoms with Gasteiger partial charge in [-0.25, -0.2) is 9.97 Å². The number of rotatable bonds is 6. The zero-order valence-corrected chi connectivity index (χ0v) is 16.1. The number of ether oxygens (including phenoxy) is 1. The van der Waals surface area contributed by atoms with Gasteiger partial charge >= 0.3 is 0 Å². The molecule has 1 fully saturated rings. The van der Waals surface area contributed by atoms with Crippen LogP contribution in [0.15, 0.2) is 40.7 Å². The van der Waals surface area contributed by atoms with Crippen molar-refractivity contribution in [2.45, 2.75) is 25.8 Å². The fourth-order valence-corrected chi connectivity index (χ4v) is 3.50. The summed E-state index contributed by atoms with van der Waals surface area (Å²) >= 11 is 0. The molecule has 3 rings (SSSR count). The Morgan fingerprint density at radius 3 is 2.81 bits per heavy atom. The first-order valence-electron chi connectivity index (χ1n) is 9.40. The molecule has 0 saturated carbocycles. The highest BCUT2D eigenvalue weighted by atomic mass is 16.5. The number of morpholine rings is 1. The lowest BCUT2D eigenvalue weighted by Gasteiger charge is -2.28. The molecule has 27 heavy (non-hydrogen) atoms. The van der Waals surface area contributed by atoms with Crippen molar-refractivity contribution in [2.24, 2.45) is 16.6 Å². The normalized spacial score (nSPS) is 20.2. The van der Waals surface area contributed by atoms with Gasteiger partial charge in [0.05, 0.1) is 24.6 Å². The zero-order valence-electron chi connectivity index (χ0n) is 16.1. The number of hydrogen-bond acceptors (Lipinski definition) is 7. The molecule has 1 aliphatic carbocycles. The molecule has 2 unspecified atom stereocenters. The first-order chi connectivity index (χ1) is 13.1. The minimum absolute atomic E-state index is 0.0135. The number of hydrogen-bond donors (Lipinski definition) is 2. The highest BCUT2D eigenvalue weighted by molar-refractivity contribution is 6.10. The summed E-state index contributed by atoms with van der Waals surface area (Å²) in [5, 5.41) is 8.68. The molecular formula is C20H28N6O. The van der Waals surface area contributed by atoms with Crippen molar-refractivity contribution < 1.29 is 4.74 Å². The highest BCUT2D eigenvalue weighted by Gasteiger charge is 2.22. The van der Waals surface area contributed by atoms with Gasteiger partial charge in [-0.1, -0.05) is 17.7 Å². The third-order valence-electron chi connectivity index (χ3n) is 5.01. The Labute approximate surface area is 160 Å². The summed E-state index contributed by atoms with van der Waals surface area (Å²) in [7, 11) is 1.77. The topological polar surface area (TPSA) is 100 Å². The first-order valence-corrected chi connectivity index (χ1v) is 9.40. The van der Waals surface area contributed by atoms with Gasteiger partial charge in [-0.3, -0.25) is 5.41 Å². The van der Waals surface area contributed by atoms with E-state index in [0.29, 0.717) is 31.0 Å². The largest absolute Gasteiger partial charge is 0.378 e. The quantitative estimate of drug-likeness (QED) is 0.591. The van der Waals surface area contributed by atoms with E-state index in [9.17, 15) is 0 Å². The molecule has 0 spiro atoms. The number of nitrogens with one attached hydrogen (secondary N) is 1. The molecule has 7 heteroatoms. The number of aliphatic imine (C=N–C) groups is 1. The minimum Gasteiger partial charge on any atom is -0.378 e. The average molecular weight is 368 g/mol. The summed E-state index contributed by atoms with van der Waals surface area (Å²) in [6, 6.07) is 1.89. The zero-order chi connectivity index (χ0) is 19.2. The maximum atomic E-state index is 8.68. The molecule has 2 aliphatic rings. The molecule has 7 nitrogen and oxygen atoms in total. The molecule has 0 amide bonds. The smallest absolute Gasteiger partial charge is 0.132 e. The van der Waals surface area contributed by atoms with Crippen LogP contribution in [0.1, 0.15) is 25.5 Å². The summed E-state index contributed by atoms with van der Waals surface area (Å²) in [4.78, 5) is 15.1. The van der Waals surface area contributed by atoms with E-state index >= 15 is 0 Å². The second-order valence-corrected chi connectivity index (χ2v) is 6.95. The van der Waals surface area contributed by atoms with Crippen LogP contribution in [-0.2, 0) is 4.74 Å². The molecule has 2 heterocycles. The molecule has 0 bridgehead atoms. The molecule has 3 N–H and O–H groups in total. The molecule has 0 aromatic carbocycles. The number of aromatic nitrogens is 2. The van der Waals surface area contributed by atoms with Crippen LogP contribution in [-0.4, -0.2) is 61.3 Å². The maximum absolute atomic E-state index is 8.68. The van der Waals surface area contributed by atoms with E-state index < -0.39 is 0 Å². The highest BCUT2D eigenvalue weighted by Crippen LogP contribution is 2.28. The molecule has 0 radical (unpaired) electrons. The average Bonchev–Trinajstić information content (AvgIpc) is 2.72. The van der Waals surface area contributed by atoms with Crippen LogP contribution in [0.3, 0.4) is 0 Å². The molecule has 1 aliphatic heterocycles. The van der Waals surface area contributed by atoms with Crippen LogP contribution in [0.25, 0.3) is 0 Å². The molecule has 1 aromatic rings. The van der Waals surface area contributed by atoms with Crippen LogP contribution in [0.5, 0.6) is 0 Å². The predicted octanol–water partition coefficient (Wildman–Crippen LogP) is 1.99. The summed E-state index contributed by atoms with van der Waals surface area (Å²) < 4.78 is 5.40. The van der Waals surface area contributed by atoms with Crippen molar-refractivity contribution in [1.29, 1.82) is 5.41 Å². The van der Waals surface area contributed by atoms with Gasteiger partial charge in [0.15, 0.2) is 0 Å². The summed E-state index contributed by atoms with van der Waals surface area (Å²) in [5.74, 6) is 0.951. The second kappa shape index (κ2) is 9.01.